The van der Waals surface area contributed by atoms with Crippen molar-refractivity contribution >= 4 is 21.7 Å². The number of sulfone groups is 1. The van der Waals surface area contributed by atoms with Crippen molar-refractivity contribution < 1.29 is 23.1 Å². The van der Waals surface area contributed by atoms with Gasteiger partial charge in [0.1, 0.15) is 6.04 Å². The smallest absolute Gasteiger partial charge is 0.327 e. The summed E-state index contributed by atoms with van der Waals surface area (Å²) >= 11 is 0. The minimum atomic E-state index is -3.59. The van der Waals surface area contributed by atoms with Crippen LogP contribution in [0.1, 0.15) is 12.5 Å². The van der Waals surface area contributed by atoms with Gasteiger partial charge in [0.15, 0.2) is 9.84 Å². The van der Waals surface area contributed by atoms with Gasteiger partial charge in [-0.3, -0.25) is 9.78 Å². The fourth-order valence-electron chi connectivity index (χ4n) is 1.58. The maximum Gasteiger partial charge on any atom is 0.327 e. The van der Waals surface area contributed by atoms with E-state index < -0.39 is 33.5 Å². The fourth-order valence-corrected chi connectivity index (χ4v) is 3.03. The molecular formula is C12H16N2O5S. The number of nitrogens with one attached hydrogen (secondary N) is 1. The zero-order chi connectivity index (χ0) is 15.2. The van der Waals surface area contributed by atoms with Gasteiger partial charge in [0.05, 0.1) is 11.5 Å². The van der Waals surface area contributed by atoms with Crippen LogP contribution in [0.5, 0.6) is 0 Å². The summed E-state index contributed by atoms with van der Waals surface area (Å²) in [4.78, 5) is 25.6. The Morgan fingerprint density at radius 2 is 1.95 bits per heavy atom. The molecule has 8 heteroatoms. The van der Waals surface area contributed by atoms with Gasteiger partial charge in [0, 0.05) is 19.3 Å². The van der Waals surface area contributed by atoms with Crippen LogP contribution in [0, 0.1) is 0 Å². The molecule has 0 bridgehead atoms. The molecule has 1 atom stereocenters. The lowest BCUT2D eigenvalue weighted by Gasteiger charge is -2.13. The van der Waals surface area contributed by atoms with Gasteiger partial charge in [-0.2, -0.15) is 0 Å². The van der Waals surface area contributed by atoms with Crippen molar-refractivity contribution in [3.05, 3.63) is 30.1 Å². The monoisotopic (exact) mass is 300 g/mol. The predicted octanol–water partition coefficient (Wildman–Crippen LogP) is -0.372. The number of aromatic nitrogens is 1. The van der Waals surface area contributed by atoms with Gasteiger partial charge >= 0.3 is 5.97 Å². The molecule has 1 aromatic heterocycles. The Morgan fingerprint density at radius 1 is 1.35 bits per heavy atom. The first-order valence-corrected chi connectivity index (χ1v) is 7.71. The van der Waals surface area contributed by atoms with Gasteiger partial charge < -0.3 is 10.4 Å². The van der Waals surface area contributed by atoms with Gasteiger partial charge in [-0.25, -0.2) is 13.2 Å². The lowest BCUT2D eigenvalue weighted by molar-refractivity contribution is -0.140. The molecule has 0 aliphatic heterocycles. The number of nitrogens with zero attached hydrogens (tertiary/aromatic N) is 1. The molecule has 0 aromatic carbocycles. The lowest BCUT2D eigenvalue weighted by Crippen LogP contribution is -2.45. The van der Waals surface area contributed by atoms with Gasteiger partial charge in [-0.1, -0.05) is 0 Å². The molecule has 20 heavy (non-hydrogen) atoms. The summed E-state index contributed by atoms with van der Waals surface area (Å²) in [5.74, 6) is -2.75. The summed E-state index contributed by atoms with van der Waals surface area (Å²) in [5.41, 5.74) is 0.801. The first-order chi connectivity index (χ1) is 9.30. The number of carboxylic acid groups (broad SMARTS) is 1. The van der Waals surface area contributed by atoms with E-state index in [-0.39, 0.29) is 12.2 Å². The summed E-state index contributed by atoms with van der Waals surface area (Å²) in [7, 11) is -3.59. The summed E-state index contributed by atoms with van der Waals surface area (Å²) < 4.78 is 23.7. The minimum Gasteiger partial charge on any atom is -0.480 e. The molecule has 0 fully saturated rings. The van der Waals surface area contributed by atoms with E-state index in [4.69, 9.17) is 5.11 Å². The summed E-state index contributed by atoms with van der Waals surface area (Å²) in [6.07, 6.45) is 3.38. The molecular weight excluding hydrogens is 284 g/mol. The SMILES string of the molecule is CC(=O)NC(CS(=O)(=O)CCc1ccncc1)C(=O)O. The van der Waals surface area contributed by atoms with E-state index in [1.165, 1.54) is 0 Å². The molecule has 0 radical (unpaired) electrons. The molecule has 1 heterocycles. The van der Waals surface area contributed by atoms with Gasteiger partial charge in [0.2, 0.25) is 5.91 Å². The molecule has 1 unspecified atom stereocenters. The van der Waals surface area contributed by atoms with E-state index in [1.54, 1.807) is 24.5 Å². The fraction of sp³-hybridized carbons (Fsp3) is 0.417. The molecule has 1 rings (SSSR count). The molecule has 0 aliphatic rings. The maximum atomic E-state index is 11.9. The summed E-state index contributed by atoms with van der Waals surface area (Å²) in [6.45, 7) is 1.14. The van der Waals surface area contributed by atoms with Crippen LogP contribution >= 0.6 is 0 Å². The topological polar surface area (TPSA) is 113 Å². The number of rotatable bonds is 7. The van der Waals surface area contributed by atoms with Crippen molar-refractivity contribution in [2.24, 2.45) is 0 Å². The molecule has 0 aliphatic carbocycles. The second-order valence-corrected chi connectivity index (χ2v) is 6.54. The second kappa shape index (κ2) is 6.99. The summed E-state index contributed by atoms with van der Waals surface area (Å²) in [6, 6.07) is 1.96. The van der Waals surface area contributed by atoms with E-state index in [0.717, 1.165) is 12.5 Å². The van der Waals surface area contributed by atoms with Crippen molar-refractivity contribution in [3.63, 3.8) is 0 Å². The highest BCUT2D eigenvalue weighted by atomic mass is 32.2. The average Bonchev–Trinajstić information content (AvgIpc) is 2.36. The molecule has 0 saturated carbocycles. The van der Waals surface area contributed by atoms with Crippen LogP contribution in [0.2, 0.25) is 0 Å². The number of carboxylic acids is 1. The van der Waals surface area contributed by atoms with Crippen LogP contribution < -0.4 is 5.32 Å². The molecule has 0 saturated heterocycles. The number of aliphatic carboxylic acids is 1. The Labute approximate surface area is 116 Å². The van der Waals surface area contributed by atoms with Crippen LogP contribution in [0.3, 0.4) is 0 Å². The van der Waals surface area contributed by atoms with Crippen molar-refractivity contribution in [2.45, 2.75) is 19.4 Å². The number of amides is 1. The Bertz CT molecular complexity index is 571. The van der Waals surface area contributed by atoms with E-state index in [0.29, 0.717) is 0 Å². The Morgan fingerprint density at radius 3 is 2.45 bits per heavy atom. The van der Waals surface area contributed by atoms with Crippen molar-refractivity contribution in [2.75, 3.05) is 11.5 Å². The average molecular weight is 300 g/mol. The van der Waals surface area contributed by atoms with Gasteiger partial charge in [-0.15, -0.1) is 0 Å². The highest BCUT2D eigenvalue weighted by molar-refractivity contribution is 7.91. The third-order valence-electron chi connectivity index (χ3n) is 2.55. The molecule has 7 nitrogen and oxygen atoms in total. The Balaban J connectivity index is 2.63. The van der Waals surface area contributed by atoms with E-state index in [2.05, 4.69) is 10.3 Å². The van der Waals surface area contributed by atoms with Crippen LogP contribution in [0.4, 0.5) is 0 Å². The molecule has 1 aromatic rings. The number of hydrogen-bond acceptors (Lipinski definition) is 5. The number of pyridine rings is 1. The van der Waals surface area contributed by atoms with Crippen molar-refractivity contribution in [3.8, 4) is 0 Å². The zero-order valence-electron chi connectivity index (χ0n) is 10.9. The quantitative estimate of drug-likeness (QED) is 0.710. The standard InChI is InChI=1S/C12H16N2O5S/c1-9(15)14-11(12(16)17)8-20(18,19)7-4-10-2-5-13-6-3-10/h2-3,5-6,11H,4,7-8H2,1H3,(H,14,15)(H,16,17). The molecule has 110 valence electrons. The van der Waals surface area contributed by atoms with Gasteiger partial charge in [-0.05, 0) is 24.1 Å². The lowest BCUT2D eigenvalue weighted by atomic mass is 10.2. The number of carbonyl (C=O) groups excluding carboxylic acids is 1. The first kappa shape index (κ1) is 16.1. The normalized spacial score (nSPS) is 12.7. The molecule has 0 spiro atoms. The maximum absolute atomic E-state index is 11.9. The first-order valence-electron chi connectivity index (χ1n) is 5.89. The number of hydrogen-bond donors (Lipinski definition) is 2. The van der Waals surface area contributed by atoms with E-state index >= 15 is 0 Å². The highest BCUT2D eigenvalue weighted by Crippen LogP contribution is 2.03. The molecule has 1 amide bonds. The van der Waals surface area contributed by atoms with E-state index in [1.807, 2.05) is 0 Å². The Kier molecular flexibility index (Phi) is 5.63. The van der Waals surface area contributed by atoms with Crippen LogP contribution in [-0.2, 0) is 25.8 Å². The predicted molar refractivity (Wildman–Crippen MR) is 71.8 cm³/mol. The number of aryl methyl sites for hydroxylation is 1. The molecule has 2 N–H and O–H groups in total. The van der Waals surface area contributed by atoms with Crippen molar-refractivity contribution in [1.82, 2.24) is 10.3 Å². The summed E-state index contributed by atoms with van der Waals surface area (Å²) in [5, 5.41) is 11.0. The number of carbonyl (C=O) groups is 2. The second-order valence-electron chi connectivity index (χ2n) is 4.31. The third-order valence-corrected chi connectivity index (χ3v) is 4.21. The minimum absolute atomic E-state index is 0.180. The highest BCUT2D eigenvalue weighted by Gasteiger charge is 2.25. The largest absolute Gasteiger partial charge is 0.480 e. The van der Waals surface area contributed by atoms with Crippen LogP contribution in [-0.4, -0.2) is 47.9 Å². The van der Waals surface area contributed by atoms with Crippen LogP contribution in [0.15, 0.2) is 24.5 Å². The van der Waals surface area contributed by atoms with Gasteiger partial charge in [0.25, 0.3) is 0 Å². The zero-order valence-corrected chi connectivity index (χ0v) is 11.8. The third kappa shape index (κ3) is 5.79. The van der Waals surface area contributed by atoms with E-state index in [9.17, 15) is 18.0 Å². The van der Waals surface area contributed by atoms with Crippen molar-refractivity contribution in [1.29, 1.82) is 0 Å². The van der Waals surface area contributed by atoms with Crippen LogP contribution in [0.25, 0.3) is 0 Å². The Hall–Kier alpha value is -1.96.